The minimum atomic E-state index is -0.0192. The first-order valence-corrected chi connectivity index (χ1v) is 13.5. The molecule has 0 bridgehead atoms. The number of hydrogen-bond acceptors (Lipinski definition) is 8. The Morgan fingerprint density at radius 1 is 1.06 bits per heavy atom. The molecule has 1 aromatic carbocycles. The van der Waals surface area contributed by atoms with E-state index in [9.17, 15) is 0 Å². The van der Waals surface area contributed by atoms with E-state index in [1.165, 1.54) is 37.2 Å². The van der Waals surface area contributed by atoms with E-state index in [0.29, 0.717) is 6.04 Å². The molecular weight excluding hydrogens is 448 g/mol. The number of nitrogens with one attached hydrogen (secondary N) is 4. The predicted octanol–water partition coefficient (Wildman–Crippen LogP) is 3.16. The third-order valence-corrected chi connectivity index (χ3v) is 7.63. The van der Waals surface area contributed by atoms with Gasteiger partial charge in [0.05, 0.1) is 5.66 Å². The fourth-order valence-corrected chi connectivity index (χ4v) is 5.32. The lowest BCUT2D eigenvalue weighted by atomic mass is 10.0. The van der Waals surface area contributed by atoms with E-state index in [4.69, 9.17) is 16.4 Å². The van der Waals surface area contributed by atoms with Crippen LogP contribution in [0.4, 0.5) is 17.5 Å². The molecule has 5 rings (SSSR count). The van der Waals surface area contributed by atoms with Crippen molar-refractivity contribution in [1.82, 2.24) is 26.1 Å². The molecule has 4 N–H and O–H groups in total. The maximum Gasteiger partial charge on any atom is 0.227 e. The van der Waals surface area contributed by atoms with Gasteiger partial charge in [-0.05, 0) is 63.1 Å². The van der Waals surface area contributed by atoms with Crippen LogP contribution in [0.25, 0.3) is 0 Å². The Bertz CT molecular complexity index is 1050. The quantitative estimate of drug-likeness (QED) is 0.283. The molecule has 0 amide bonds. The molecule has 0 unspecified atom stereocenters. The number of aromatic nitrogens is 2. The molecule has 4 heterocycles. The highest BCUT2D eigenvalue weighted by Gasteiger charge is 2.40. The number of hydrogen-bond donors (Lipinski definition) is 4. The summed E-state index contributed by atoms with van der Waals surface area (Å²) in [5, 5.41) is 7.27. The number of aryl methyl sites for hydroxylation is 1. The highest BCUT2D eigenvalue weighted by Crippen LogP contribution is 2.24. The van der Waals surface area contributed by atoms with Crippen LogP contribution in [0.15, 0.2) is 30.3 Å². The Labute approximate surface area is 215 Å². The maximum atomic E-state index is 5.42. The van der Waals surface area contributed by atoms with Crippen molar-refractivity contribution in [3.8, 4) is 12.3 Å². The molecule has 1 aromatic heterocycles. The number of piperidine rings is 1. The van der Waals surface area contributed by atoms with Gasteiger partial charge in [0.1, 0.15) is 5.82 Å². The zero-order valence-electron chi connectivity index (χ0n) is 21.5. The lowest BCUT2D eigenvalue weighted by Crippen LogP contribution is -2.43. The van der Waals surface area contributed by atoms with Crippen LogP contribution >= 0.6 is 0 Å². The van der Waals surface area contributed by atoms with Gasteiger partial charge in [-0.1, -0.05) is 12.1 Å². The lowest BCUT2D eigenvalue weighted by Gasteiger charge is -2.33. The summed E-state index contributed by atoms with van der Waals surface area (Å²) in [6.07, 6.45) is 12.9. The third kappa shape index (κ3) is 6.47. The Balaban J connectivity index is 1.08. The Hall–Kier alpha value is -2.86. The second kappa shape index (κ2) is 11.5. The number of benzene rings is 1. The van der Waals surface area contributed by atoms with Gasteiger partial charge in [0.2, 0.25) is 5.95 Å². The number of nitrogens with zero attached hydrogens (tertiary/aromatic N) is 4. The predicted molar refractivity (Wildman–Crippen MR) is 147 cm³/mol. The average molecular weight is 489 g/mol. The Kier molecular flexibility index (Phi) is 7.90. The van der Waals surface area contributed by atoms with Crippen molar-refractivity contribution in [3.63, 3.8) is 0 Å². The number of terminal acetylenes is 1. The van der Waals surface area contributed by atoms with Crippen LogP contribution in [0.5, 0.6) is 0 Å². The van der Waals surface area contributed by atoms with Gasteiger partial charge in [-0.25, -0.2) is 15.8 Å². The SMILES string of the molecule is C#CCCC1(CCNc2cc(C)nc(N3CCC(NCc4cccc(N5CCCC5)c4)CC3)n2)NN1. The van der Waals surface area contributed by atoms with Gasteiger partial charge in [-0.3, -0.25) is 0 Å². The zero-order valence-corrected chi connectivity index (χ0v) is 21.5. The third-order valence-electron chi connectivity index (χ3n) is 7.63. The topological polar surface area (TPSA) is 100 Å². The molecule has 3 aliphatic heterocycles. The van der Waals surface area contributed by atoms with Crippen LogP contribution in [0.3, 0.4) is 0 Å². The van der Waals surface area contributed by atoms with Crippen molar-refractivity contribution < 1.29 is 0 Å². The van der Waals surface area contributed by atoms with E-state index in [0.717, 1.165) is 75.7 Å². The van der Waals surface area contributed by atoms with Gasteiger partial charge >= 0.3 is 0 Å². The summed E-state index contributed by atoms with van der Waals surface area (Å²) in [6.45, 7) is 8.11. The monoisotopic (exact) mass is 488 g/mol. The van der Waals surface area contributed by atoms with Crippen molar-refractivity contribution in [2.24, 2.45) is 0 Å². The molecule has 8 nitrogen and oxygen atoms in total. The van der Waals surface area contributed by atoms with E-state index in [-0.39, 0.29) is 5.66 Å². The van der Waals surface area contributed by atoms with Crippen LogP contribution in [0.2, 0.25) is 0 Å². The molecule has 0 aliphatic carbocycles. The lowest BCUT2D eigenvalue weighted by molar-refractivity contribution is 0.411. The van der Waals surface area contributed by atoms with E-state index < -0.39 is 0 Å². The second-order valence-electron chi connectivity index (χ2n) is 10.4. The molecule has 3 saturated heterocycles. The van der Waals surface area contributed by atoms with Crippen LogP contribution in [-0.4, -0.2) is 54.4 Å². The fourth-order valence-electron chi connectivity index (χ4n) is 5.32. The standard InChI is InChI=1S/C28H40N8/c1-3-4-12-28(33-34-28)13-14-29-26-19-22(2)31-27(32-26)36-17-10-24(11-18-36)30-21-23-8-7-9-25(20-23)35-15-5-6-16-35/h1,7-9,19-20,24,30,33-34H,4-6,10-18,21H2,2H3,(H,29,31,32). The molecule has 3 aliphatic rings. The fraction of sp³-hybridized carbons (Fsp3) is 0.571. The molecule has 0 saturated carbocycles. The van der Waals surface area contributed by atoms with Crippen molar-refractivity contribution in [3.05, 3.63) is 41.6 Å². The van der Waals surface area contributed by atoms with Gasteiger partial charge in [-0.15, -0.1) is 12.3 Å². The highest BCUT2D eigenvalue weighted by molar-refractivity contribution is 5.49. The Morgan fingerprint density at radius 3 is 2.61 bits per heavy atom. The largest absolute Gasteiger partial charge is 0.372 e. The Morgan fingerprint density at radius 2 is 1.86 bits per heavy atom. The smallest absolute Gasteiger partial charge is 0.227 e. The first-order valence-electron chi connectivity index (χ1n) is 13.5. The van der Waals surface area contributed by atoms with Crippen LogP contribution in [0.1, 0.15) is 56.2 Å². The average Bonchev–Trinajstić information content (AvgIpc) is 3.44. The zero-order chi connectivity index (χ0) is 24.8. The van der Waals surface area contributed by atoms with Crippen LogP contribution in [-0.2, 0) is 6.54 Å². The summed E-state index contributed by atoms with van der Waals surface area (Å²) in [5.74, 6) is 4.45. The number of rotatable bonds is 11. The first-order chi connectivity index (χ1) is 17.6. The van der Waals surface area contributed by atoms with Gasteiger partial charge in [0.25, 0.3) is 0 Å². The summed E-state index contributed by atoms with van der Waals surface area (Å²) in [4.78, 5) is 14.4. The van der Waals surface area contributed by atoms with Crippen LogP contribution < -0.4 is 31.3 Å². The minimum absolute atomic E-state index is 0.0192. The number of hydrazine groups is 1. The van der Waals surface area contributed by atoms with Gasteiger partial charge < -0.3 is 20.4 Å². The van der Waals surface area contributed by atoms with Gasteiger partial charge in [0.15, 0.2) is 0 Å². The van der Waals surface area contributed by atoms with E-state index >= 15 is 0 Å². The van der Waals surface area contributed by atoms with Crippen molar-refractivity contribution in [1.29, 1.82) is 0 Å². The summed E-state index contributed by atoms with van der Waals surface area (Å²) in [6, 6.07) is 11.6. The molecule has 8 heteroatoms. The molecule has 192 valence electrons. The maximum absolute atomic E-state index is 5.42. The van der Waals surface area contributed by atoms with Crippen LogP contribution in [0, 0.1) is 19.3 Å². The molecule has 0 atom stereocenters. The summed E-state index contributed by atoms with van der Waals surface area (Å²) in [7, 11) is 0. The molecule has 2 aromatic rings. The van der Waals surface area contributed by atoms with E-state index in [1.807, 2.05) is 13.0 Å². The van der Waals surface area contributed by atoms with Gasteiger partial charge in [-0.2, -0.15) is 4.98 Å². The first kappa shape index (κ1) is 24.8. The number of anilines is 3. The molecule has 36 heavy (non-hydrogen) atoms. The molecular formula is C28H40N8. The van der Waals surface area contributed by atoms with Crippen molar-refractivity contribution >= 4 is 17.5 Å². The minimum Gasteiger partial charge on any atom is -0.372 e. The van der Waals surface area contributed by atoms with E-state index in [2.05, 4.69) is 61.5 Å². The van der Waals surface area contributed by atoms with Gasteiger partial charge in [0, 0.05) is 69.2 Å². The summed E-state index contributed by atoms with van der Waals surface area (Å²) >= 11 is 0. The second-order valence-corrected chi connectivity index (χ2v) is 10.4. The molecule has 0 radical (unpaired) electrons. The molecule has 0 spiro atoms. The van der Waals surface area contributed by atoms with E-state index in [1.54, 1.807) is 0 Å². The van der Waals surface area contributed by atoms with Crippen molar-refractivity contribution in [2.45, 2.75) is 70.1 Å². The van der Waals surface area contributed by atoms with Crippen molar-refractivity contribution in [2.75, 3.05) is 47.8 Å². The highest BCUT2D eigenvalue weighted by atomic mass is 15.7. The normalized spacial score (nSPS) is 19.3. The summed E-state index contributed by atoms with van der Waals surface area (Å²) < 4.78 is 0. The summed E-state index contributed by atoms with van der Waals surface area (Å²) in [5.41, 5.74) is 10.2. The molecule has 3 fully saturated rings.